The third-order valence-electron chi connectivity index (χ3n) is 7.13. The van der Waals surface area contributed by atoms with E-state index in [1.807, 2.05) is 13.0 Å². The summed E-state index contributed by atoms with van der Waals surface area (Å²) in [6.45, 7) is 5.84. The summed E-state index contributed by atoms with van der Waals surface area (Å²) in [5, 5.41) is 57.1. The van der Waals surface area contributed by atoms with Gasteiger partial charge >= 0.3 is 0 Å². The molecule has 0 amide bonds. The Balaban J connectivity index is 1.74. The first-order valence-electron chi connectivity index (χ1n) is 14.3. The van der Waals surface area contributed by atoms with E-state index in [1.165, 1.54) is 7.11 Å². The average molecular weight is 579 g/mol. The zero-order chi connectivity index (χ0) is 29.8. The maximum Gasteiger partial charge on any atom is 0.200 e. The molecule has 2 aromatic carbocycles. The highest BCUT2D eigenvalue weighted by molar-refractivity contribution is 5.53. The SMILES string of the molecule is CCNCCOc1cc([C@@H]2O[C@@H](CCc3ccc(O)c(OCNC[C@H](C)O)c3)C[C@H](O)[C@@H]2CCO)cc(OC)c1O. The molecule has 0 spiro atoms. The summed E-state index contributed by atoms with van der Waals surface area (Å²) < 4.78 is 23.4. The molecule has 0 radical (unpaired) electrons. The summed E-state index contributed by atoms with van der Waals surface area (Å²) in [5.74, 6) is 0.398. The zero-order valence-corrected chi connectivity index (χ0v) is 24.2. The van der Waals surface area contributed by atoms with Crippen LogP contribution in [0.4, 0.5) is 0 Å². The minimum Gasteiger partial charge on any atom is -0.504 e. The summed E-state index contributed by atoms with van der Waals surface area (Å²) in [5.41, 5.74) is 1.62. The lowest BCUT2D eigenvalue weighted by atomic mass is 9.82. The highest BCUT2D eigenvalue weighted by Crippen LogP contribution is 2.45. The number of likely N-dealkylation sites (N-methyl/N-ethyl adjacent to an activating group) is 1. The van der Waals surface area contributed by atoms with Crippen LogP contribution in [0.5, 0.6) is 28.7 Å². The van der Waals surface area contributed by atoms with Gasteiger partial charge in [-0.3, -0.25) is 5.32 Å². The highest BCUT2D eigenvalue weighted by atomic mass is 16.5. The molecule has 2 aromatic rings. The number of aryl methyl sites for hydroxylation is 1. The maximum atomic E-state index is 11.1. The van der Waals surface area contributed by atoms with Gasteiger partial charge in [0.15, 0.2) is 23.0 Å². The molecule has 5 atom stereocenters. The van der Waals surface area contributed by atoms with Gasteiger partial charge in [-0.1, -0.05) is 13.0 Å². The van der Waals surface area contributed by atoms with Crippen LogP contribution in [-0.2, 0) is 11.2 Å². The fraction of sp³-hybridized carbons (Fsp3) is 0.600. The Hall–Kier alpha value is -2.80. The van der Waals surface area contributed by atoms with Gasteiger partial charge in [-0.15, -0.1) is 0 Å². The van der Waals surface area contributed by atoms with Gasteiger partial charge in [0.25, 0.3) is 0 Å². The van der Waals surface area contributed by atoms with Crippen LogP contribution in [0.15, 0.2) is 30.3 Å². The van der Waals surface area contributed by atoms with Crippen LogP contribution < -0.4 is 24.8 Å². The Morgan fingerprint density at radius 3 is 2.54 bits per heavy atom. The number of benzene rings is 2. The molecule has 0 saturated carbocycles. The Morgan fingerprint density at radius 2 is 1.83 bits per heavy atom. The Kier molecular flexibility index (Phi) is 13.2. The number of rotatable bonds is 17. The van der Waals surface area contributed by atoms with Crippen molar-refractivity contribution in [1.82, 2.24) is 10.6 Å². The number of aromatic hydroxyl groups is 2. The van der Waals surface area contributed by atoms with E-state index >= 15 is 0 Å². The van der Waals surface area contributed by atoms with Crippen molar-refractivity contribution in [1.29, 1.82) is 0 Å². The molecule has 11 nitrogen and oxygen atoms in total. The van der Waals surface area contributed by atoms with E-state index in [4.69, 9.17) is 18.9 Å². The second-order valence-electron chi connectivity index (χ2n) is 10.4. The molecular formula is C30H46N2O9. The summed E-state index contributed by atoms with van der Waals surface area (Å²) in [6, 6.07) is 8.57. The third-order valence-corrected chi connectivity index (χ3v) is 7.13. The molecule has 1 saturated heterocycles. The second kappa shape index (κ2) is 16.6. The van der Waals surface area contributed by atoms with Crippen molar-refractivity contribution >= 4 is 0 Å². The van der Waals surface area contributed by atoms with Crippen LogP contribution in [-0.4, -0.2) is 90.5 Å². The maximum absolute atomic E-state index is 11.1. The van der Waals surface area contributed by atoms with E-state index in [0.29, 0.717) is 56.7 Å². The molecule has 0 aliphatic carbocycles. The first-order valence-corrected chi connectivity index (χ1v) is 14.3. The number of hydrogen-bond acceptors (Lipinski definition) is 11. The fourth-order valence-corrected chi connectivity index (χ4v) is 5.01. The number of ether oxygens (including phenoxy) is 4. The minimum atomic E-state index is -0.706. The number of hydrogen-bond donors (Lipinski definition) is 7. The molecule has 1 aliphatic heterocycles. The lowest BCUT2D eigenvalue weighted by molar-refractivity contribution is -0.144. The van der Waals surface area contributed by atoms with E-state index < -0.39 is 18.3 Å². The number of phenols is 2. The molecule has 1 aliphatic rings. The van der Waals surface area contributed by atoms with Gasteiger partial charge in [0.2, 0.25) is 5.75 Å². The number of phenolic OH excluding ortho intramolecular Hbond substituents is 2. The van der Waals surface area contributed by atoms with Crippen molar-refractivity contribution in [2.24, 2.45) is 5.92 Å². The standard InChI is InChI=1S/C30H46N2O9/c1-4-31-10-12-39-28-15-21(14-27(38-3)29(28)37)30-23(9-11-33)25(36)16-22(41-30)7-5-20-6-8-24(35)26(13-20)40-18-32-17-19(2)34/h6,8,13-15,19,22-23,25,30-37H,4-5,7,9-12,16-18H2,1-3H3/t19-,22-,23-,25-,30-/m0/s1. The molecule has 11 heteroatoms. The van der Waals surface area contributed by atoms with Gasteiger partial charge in [0.1, 0.15) is 13.3 Å². The van der Waals surface area contributed by atoms with Crippen molar-refractivity contribution in [3.63, 3.8) is 0 Å². The van der Waals surface area contributed by atoms with Crippen LogP contribution in [0.1, 0.15) is 50.3 Å². The van der Waals surface area contributed by atoms with E-state index in [0.717, 1.165) is 12.1 Å². The normalized spacial score (nSPS) is 21.4. The molecule has 7 N–H and O–H groups in total. The van der Waals surface area contributed by atoms with E-state index in [-0.39, 0.29) is 48.4 Å². The number of nitrogens with one attached hydrogen (secondary N) is 2. The van der Waals surface area contributed by atoms with Crippen LogP contribution in [0, 0.1) is 5.92 Å². The molecular weight excluding hydrogens is 532 g/mol. The molecule has 0 aromatic heterocycles. The van der Waals surface area contributed by atoms with Crippen LogP contribution in [0.2, 0.25) is 0 Å². The molecule has 0 bridgehead atoms. The molecule has 41 heavy (non-hydrogen) atoms. The Labute approximate surface area is 242 Å². The van der Waals surface area contributed by atoms with Gasteiger partial charge in [-0.25, -0.2) is 0 Å². The minimum absolute atomic E-state index is 0.0219. The van der Waals surface area contributed by atoms with Crippen LogP contribution in [0.25, 0.3) is 0 Å². The van der Waals surface area contributed by atoms with Crippen molar-refractivity contribution < 1.29 is 44.5 Å². The molecule has 0 unspecified atom stereocenters. The van der Waals surface area contributed by atoms with E-state index in [9.17, 15) is 25.5 Å². The summed E-state index contributed by atoms with van der Waals surface area (Å²) in [4.78, 5) is 0. The average Bonchev–Trinajstić information content (AvgIpc) is 2.95. The lowest BCUT2D eigenvalue weighted by Gasteiger charge is -2.40. The van der Waals surface area contributed by atoms with Crippen molar-refractivity contribution in [2.45, 2.75) is 63.9 Å². The summed E-state index contributed by atoms with van der Waals surface area (Å²) in [7, 11) is 1.46. The first kappa shape index (κ1) is 32.7. The fourth-order valence-electron chi connectivity index (χ4n) is 5.01. The Bertz CT molecular complexity index is 1070. The summed E-state index contributed by atoms with van der Waals surface area (Å²) >= 11 is 0. The molecule has 230 valence electrons. The zero-order valence-electron chi connectivity index (χ0n) is 24.2. The van der Waals surface area contributed by atoms with Gasteiger partial charge < -0.3 is 49.8 Å². The molecule has 1 fully saturated rings. The molecule has 3 rings (SSSR count). The van der Waals surface area contributed by atoms with Crippen LogP contribution >= 0.6 is 0 Å². The number of methoxy groups -OCH3 is 1. The quantitative estimate of drug-likeness (QED) is 0.109. The highest BCUT2D eigenvalue weighted by Gasteiger charge is 2.39. The Morgan fingerprint density at radius 1 is 1.05 bits per heavy atom. The summed E-state index contributed by atoms with van der Waals surface area (Å²) in [6.07, 6.45) is -0.0747. The van der Waals surface area contributed by atoms with E-state index in [1.54, 1.807) is 31.2 Å². The largest absolute Gasteiger partial charge is 0.504 e. The van der Waals surface area contributed by atoms with Crippen molar-refractivity contribution in [2.75, 3.05) is 46.7 Å². The predicted octanol–water partition coefficient (Wildman–Crippen LogP) is 2.22. The monoisotopic (exact) mass is 578 g/mol. The van der Waals surface area contributed by atoms with Crippen molar-refractivity contribution in [3.05, 3.63) is 41.5 Å². The predicted molar refractivity (Wildman–Crippen MR) is 154 cm³/mol. The van der Waals surface area contributed by atoms with Gasteiger partial charge in [0, 0.05) is 25.6 Å². The van der Waals surface area contributed by atoms with Gasteiger partial charge in [-0.2, -0.15) is 0 Å². The second-order valence-corrected chi connectivity index (χ2v) is 10.4. The lowest BCUT2D eigenvalue weighted by Crippen LogP contribution is -2.40. The van der Waals surface area contributed by atoms with Crippen LogP contribution in [0.3, 0.4) is 0 Å². The van der Waals surface area contributed by atoms with Gasteiger partial charge in [0.05, 0.1) is 31.5 Å². The number of aliphatic hydroxyl groups is 3. The first-order chi connectivity index (χ1) is 19.8. The number of aliphatic hydroxyl groups excluding tert-OH is 3. The van der Waals surface area contributed by atoms with Gasteiger partial charge in [-0.05, 0) is 74.5 Å². The van der Waals surface area contributed by atoms with E-state index in [2.05, 4.69) is 10.6 Å². The smallest absolute Gasteiger partial charge is 0.200 e. The third kappa shape index (κ3) is 9.63. The topological polar surface area (TPSA) is 162 Å². The van der Waals surface area contributed by atoms with Crippen molar-refractivity contribution in [3.8, 4) is 28.7 Å². The molecule has 1 heterocycles.